The number of carboxylic acid groups (broad SMARTS) is 2. The number of carboxylic acids is 2. The van der Waals surface area contributed by atoms with Gasteiger partial charge in [0.25, 0.3) is 11.8 Å². The number of likely N-dealkylation sites (tertiary alicyclic amines) is 2. The Hall–Kier alpha value is -7.70. The molecule has 0 radical (unpaired) electrons. The molecule has 2 saturated heterocycles. The van der Waals surface area contributed by atoms with Gasteiger partial charge in [-0.1, -0.05) is 168 Å². The van der Waals surface area contributed by atoms with Crippen LogP contribution < -0.4 is 10.6 Å². The number of aromatic nitrogens is 4. The number of hydrogen-bond acceptors (Lipinski definition) is 12. The van der Waals surface area contributed by atoms with E-state index in [9.17, 15) is 39.0 Å². The predicted molar refractivity (Wildman–Crippen MR) is 407 cm³/mol. The maximum Gasteiger partial charge on any atom is 0.310 e. The topological polar surface area (TPSA) is 225 Å². The van der Waals surface area contributed by atoms with Crippen molar-refractivity contribution >= 4 is 69.4 Å². The van der Waals surface area contributed by atoms with E-state index in [1.165, 1.54) is 127 Å². The van der Waals surface area contributed by atoms with Gasteiger partial charge < -0.3 is 30.6 Å². The third kappa shape index (κ3) is 19.2. The largest absolute Gasteiger partial charge is 0.481 e. The lowest BCUT2D eigenvalue weighted by molar-refractivity contribution is -0.155. The van der Waals surface area contributed by atoms with Crippen LogP contribution in [-0.4, -0.2) is 114 Å². The molecule has 2 aliphatic heterocycles. The van der Waals surface area contributed by atoms with Crippen LogP contribution in [0.15, 0.2) is 110 Å². The van der Waals surface area contributed by atoms with Crippen LogP contribution in [0.4, 0.5) is 0 Å². The molecule has 16 nitrogen and oxygen atoms in total. The van der Waals surface area contributed by atoms with Crippen LogP contribution in [0, 0.1) is 59.2 Å². The van der Waals surface area contributed by atoms with Crippen molar-refractivity contribution in [2.24, 2.45) is 59.2 Å². The summed E-state index contributed by atoms with van der Waals surface area (Å²) in [6, 6.07) is 21.5. The van der Waals surface area contributed by atoms with Gasteiger partial charge in [-0.2, -0.15) is 0 Å². The highest BCUT2D eigenvalue weighted by atomic mass is 32.1. The summed E-state index contributed by atoms with van der Waals surface area (Å²) in [7, 11) is 0. The summed E-state index contributed by atoms with van der Waals surface area (Å²) in [4.78, 5) is 102. The van der Waals surface area contributed by atoms with Gasteiger partial charge in [0.05, 0.1) is 21.6 Å². The summed E-state index contributed by atoms with van der Waals surface area (Å²) >= 11 is 2.85. The summed E-state index contributed by atoms with van der Waals surface area (Å²) in [6.45, 7) is 22.5. The summed E-state index contributed by atoms with van der Waals surface area (Å²) in [5, 5.41) is 24.6. The van der Waals surface area contributed by atoms with Crippen LogP contribution in [0.2, 0.25) is 0 Å². The quantitative estimate of drug-likeness (QED) is 0.0498. The molecule has 4 aliphatic carbocycles. The Labute approximate surface area is 612 Å². The first-order valence-corrected chi connectivity index (χ1v) is 39.4. The fraction of sp³-hybridized carbons (Fsp3) is 0.548. The second kappa shape index (κ2) is 33.4. The lowest BCUT2D eigenvalue weighted by atomic mass is 9.68. The Morgan fingerprint density at radius 3 is 1.35 bits per heavy atom. The summed E-state index contributed by atoms with van der Waals surface area (Å²) < 4.78 is 0. The molecule has 5 unspecified atom stereocenters. The van der Waals surface area contributed by atoms with E-state index >= 15 is 0 Å². The molecule has 0 spiro atoms. The van der Waals surface area contributed by atoms with Gasteiger partial charge >= 0.3 is 11.9 Å². The highest BCUT2D eigenvalue weighted by molar-refractivity contribution is 7.14. The molecule has 12 rings (SSSR count). The van der Waals surface area contributed by atoms with Crippen LogP contribution in [0.1, 0.15) is 223 Å². The minimum absolute atomic E-state index is 0.0870. The lowest BCUT2D eigenvalue weighted by Crippen LogP contribution is -2.59. The van der Waals surface area contributed by atoms with E-state index < -0.39 is 35.9 Å². The van der Waals surface area contributed by atoms with Gasteiger partial charge in [0, 0.05) is 95.8 Å². The predicted octanol–water partition coefficient (Wildman–Crippen LogP) is 16.8. The van der Waals surface area contributed by atoms with Crippen LogP contribution in [0.3, 0.4) is 0 Å². The molecule has 2 aromatic carbocycles. The first kappa shape index (κ1) is 75.5. The number of amides is 4. The molecule has 5 atom stereocenters. The van der Waals surface area contributed by atoms with Crippen LogP contribution in [0.25, 0.3) is 33.9 Å². The second-order valence-corrected chi connectivity index (χ2v) is 35.0. The molecule has 6 aromatic rings. The van der Waals surface area contributed by atoms with E-state index in [0.717, 1.165) is 104 Å². The number of aliphatic carboxylic acids is 2. The summed E-state index contributed by atoms with van der Waals surface area (Å²) in [5.74, 6) is 3.70. The molecule has 2 saturated carbocycles. The Bertz CT molecular complexity index is 3930. The number of thiophene rings is 2. The Morgan fingerprint density at radius 1 is 0.529 bits per heavy atom. The van der Waals surface area contributed by atoms with Crippen molar-refractivity contribution in [3.63, 3.8) is 0 Å². The molecular weight excluding hydrogens is 1310 g/mol. The third-order valence-corrected chi connectivity index (χ3v) is 25.7. The Balaban J connectivity index is 0.000000205. The highest BCUT2D eigenvalue weighted by Gasteiger charge is 2.41. The van der Waals surface area contributed by atoms with E-state index in [1.54, 1.807) is 12.1 Å². The Kier molecular flexibility index (Phi) is 24.7. The number of nitrogens with zero attached hydrogens (tertiary/aromatic N) is 6. The van der Waals surface area contributed by atoms with Gasteiger partial charge in [-0.05, 0) is 169 Å². The summed E-state index contributed by atoms with van der Waals surface area (Å²) in [5.41, 5.74) is 8.25. The standard InChI is InChI=1S/2C42H54N4O4S/c1-26(2)20-27-6-10-29(11-7-27)30-14-16-31(17-15-30)33-22-43-38(44-23-33)32-12-8-28(9-13-32)21-35(40(48)46-24-34(25-46)41(49)50)45-39(47)36-18-19-37(51-36)42(3,4)5;1-6-7-27-8-12-29(13-9-27)31-16-17-34(26(2)20-31)32-22-43-38(44-23-32)30-14-10-28(11-15-30)21-35(40(48)46-24-33(25-46)41(49)50)45-39(47)36-18-19-37(51-36)42(3,4)5/h8-9,12-13,16,18-19,22-23,26-27,29-30,34-35H,6-7,10-11,14-15,17,20-21,24-25H2,1-5H3,(H,45,47)(H,49,50);10-11,14-15,17-19,22-23,26-27,29,31,33,35H,6-9,12-13,16,20-21,24-25H2,1-5H3,(H,45,47)(H,49,50). The summed E-state index contributed by atoms with van der Waals surface area (Å²) in [6.07, 6.45) is 34.4. The monoisotopic (exact) mass is 1420 g/mol. The van der Waals surface area contributed by atoms with Crippen molar-refractivity contribution in [1.29, 1.82) is 0 Å². The van der Waals surface area contributed by atoms with Gasteiger partial charge in [-0.25, -0.2) is 19.9 Å². The number of benzene rings is 2. The molecule has 102 heavy (non-hydrogen) atoms. The number of carbonyl (C=O) groups excluding carboxylic acids is 4. The maximum absolute atomic E-state index is 13.5. The average Bonchev–Trinajstić information content (AvgIpc) is 1.06. The maximum atomic E-state index is 13.5. The molecule has 6 aliphatic rings. The fourth-order valence-corrected chi connectivity index (χ4v) is 18.3. The smallest absolute Gasteiger partial charge is 0.310 e. The number of allylic oxidation sites excluding steroid dienone is 4. The van der Waals surface area contributed by atoms with E-state index in [4.69, 9.17) is 19.9 Å². The molecular formula is C84H108N8O8S2. The number of rotatable bonds is 22. The number of nitrogens with one attached hydrogen (secondary N) is 2. The third-order valence-electron chi connectivity index (χ3n) is 22.6. The fourth-order valence-electron chi connectivity index (χ4n) is 16.4. The van der Waals surface area contributed by atoms with Crippen LogP contribution in [0.5, 0.6) is 0 Å². The Morgan fingerprint density at radius 2 is 0.961 bits per heavy atom. The van der Waals surface area contributed by atoms with Crippen molar-refractivity contribution in [3.8, 4) is 22.8 Å². The van der Waals surface area contributed by atoms with E-state index in [2.05, 4.69) is 92.0 Å². The van der Waals surface area contributed by atoms with Crippen molar-refractivity contribution in [2.75, 3.05) is 26.2 Å². The second-order valence-electron chi connectivity index (χ2n) is 32.9. The zero-order valence-corrected chi connectivity index (χ0v) is 63.4. The number of carbonyl (C=O) groups is 6. The van der Waals surface area contributed by atoms with Gasteiger partial charge in [-0.3, -0.25) is 28.8 Å². The molecule has 4 aromatic heterocycles. The first-order valence-electron chi connectivity index (χ1n) is 37.8. The minimum atomic E-state index is -0.910. The lowest BCUT2D eigenvalue weighted by Gasteiger charge is -2.38. The van der Waals surface area contributed by atoms with E-state index in [1.807, 2.05) is 85.5 Å². The molecule has 4 amide bonds. The first-order chi connectivity index (χ1) is 48.7. The van der Waals surface area contributed by atoms with E-state index in [-0.39, 0.29) is 73.5 Å². The van der Waals surface area contributed by atoms with Crippen LogP contribution in [-0.2, 0) is 42.8 Å². The average molecular weight is 1420 g/mol. The molecule has 4 N–H and O–H groups in total. The molecule has 18 heteroatoms. The van der Waals surface area contributed by atoms with Gasteiger partial charge in [-0.15, -0.1) is 22.7 Å². The van der Waals surface area contributed by atoms with Crippen molar-refractivity contribution in [1.82, 2.24) is 40.4 Å². The molecule has 0 bridgehead atoms. The van der Waals surface area contributed by atoms with Crippen LogP contribution >= 0.6 is 22.7 Å². The van der Waals surface area contributed by atoms with Crippen molar-refractivity contribution in [3.05, 3.63) is 151 Å². The molecule has 544 valence electrons. The van der Waals surface area contributed by atoms with Gasteiger partial charge in [0.2, 0.25) is 11.8 Å². The van der Waals surface area contributed by atoms with Crippen molar-refractivity contribution < 1.29 is 39.0 Å². The zero-order valence-electron chi connectivity index (χ0n) is 61.7. The SMILES string of the molecule is CC(C)CC1CCC(C2CC=C(c3cnc(-c4ccc(CC(NC(=O)c5ccc(C(C)(C)C)s5)C(=O)N5CC(C(=O)O)C5)cc4)nc3)CC2)CC1.CCCC1CCC(C2CC=C(c3cnc(-c4ccc(CC(NC(=O)c5ccc(C(C)(C)C)s5)C(=O)N5CC(C(=O)O)C5)cc4)nc3)C(C)C2)CC1. The minimum Gasteiger partial charge on any atom is -0.481 e. The highest BCUT2D eigenvalue weighted by Crippen LogP contribution is 2.46. The zero-order chi connectivity index (χ0) is 72.6. The molecule has 6 heterocycles. The molecule has 4 fully saturated rings. The van der Waals surface area contributed by atoms with Gasteiger partial charge in [0.1, 0.15) is 12.1 Å². The normalized spacial score (nSPS) is 22.6. The van der Waals surface area contributed by atoms with Crippen molar-refractivity contribution in [2.45, 2.75) is 208 Å². The number of hydrogen-bond donors (Lipinski definition) is 4. The van der Waals surface area contributed by atoms with E-state index in [0.29, 0.717) is 27.3 Å². The van der Waals surface area contributed by atoms with Gasteiger partial charge in [0.15, 0.2) is 11.6 Å².